The van der Waals surface area contributed by atoms with Crippen LogP contribution in [0, 0.1) is 0 Å². The van der Waals surface area contributed by atoms with Gasteiger partial charge < -0.3 is 19.7 Å². The molecule has 0 spiro atoms. The maximum Gasteiger partial charge on any atom is 0.193 e. The highest BCUT2D eigenvalue weighted by atomic mass is 127. The van der Waals surface area contributed by atoms with Crippen molar-refractivity contribution < 1.29 is 9.47 Å². The van der Waals surface area contributed by atoms with Gasteiger partial charge in [-0.05, 0) is 36.1 Å². The quantitative estimate of drug-likeness (QED) is 0.312. The van der Waals surface area contributed by atoms with Crippen LogP contribution in [0.4, 0.5) is 0 Å². The number of aliphatic imine (C=N–C) groups is 1. The number of rotatable bonds is 6. The van der Waals surface area contributed by atoms with Crippen molar-refractivity contribution in [2.45, 2.75) is 13.0 Å². The second kappa shape index (κ2) is 10.9. The van der Waals surface area contributed by atoms with E-state index in [9.17, 15) is 0 Å². The number of halogens is 1. The number of ether oxygens (including phenoxy) is 2. The van der Waals surface area contributed by atoms with Crippen LogP contribution in [0.15, 0.2) is 23.2 Å². The van der Waals surface area contributed by atoms with E-state index in [0.717, 1.165) is 42.7 Å². The summed E-state index contributed by atoms with van der Waals surface area (Å²) in [6, 6.07) is 6.10. The third kappa shape index (κ3) is 6.29. The van der Waals surface area contributed by atoms with Crippen molar-refractivity contribution in [1.82, 2.24) is 10.2 Å². The third-order valence-corrected chi connectivity index (χ3v) is 4.10. The van der Waals surface area contributed by atoms with Crippen LogP contribution in [0.3, 0.4) is 0 Å². The molecule has 0 bridgehead atoms. The zero-order chi connectivity index (χ0) is 15.8. The van der Waals surface area contributed by atoms with E-state index in [1.165, 1.54) is 5.56 Å². The first-order chi connectivity index (χ1) is 10.7. The van der Waals surface area contributed by atoms with E-state index in [2.05, 4.69) is 27.5 Å². The molecule has 0 amide bonds. The topological polar surface area (TPSA) is 46.1 Å². The average Bonchev–Trinajstić information content (AvgIpc) is 2.54. The van der Waals surface area contributed by atoms with Crippen LogP contribution in [0.2, 0.25) is 0 Å². The van der Waals surface area contributed by atoms with Crippen molar-refractivity contribution in [2.75, 3.05) is 45.9 Å². The molecule has 0 aromatic heterocycles. The Morgan fingerprint density at radius 3 is 2.74 bits per heavy atom. The van der Waals surface area contributed by atoms with Crippen LogP contribution in [0.1, 0.15) is 12.0 Å². The van der Waals surface area contributed by atoms with Crippen LogP contribution in [-0.4, -0.2) is 56.7 Å². The number of hydrogen-bond acceptors (Lipinski definition) is 4. The fraction of sp³-hybridized carbons (Fsp3) is 0.562. The molecule has 1 aromatic rings. The Kier molecular flexibility index (Phi) is 9.54. The first-order valence-electron chi connectivity index (χ1n) is 7.54. The van der Waals surface area contributed by atoms with Crippen LogP contribution in [0.5, 0.6) is 11.5 Å². The van der Waals surface area contributed by atoms with Gasteiger partial charge >= 0.3 is 0 Å². The van der Waals surface area contributed by atoms with Crippen LogP contribution in [0.25, 0.3) is 0 Å². The maximum atomic E-state index is 5.63. The third-order valence-electron chi connectivity index (χ3n) is 3.41. The van der Waals surface area contributed by atoms with Crippen molar-refractivity contribution in [3.05, 3.63) is 23.8 Å². The van der Waals surface area contributed by atoms with E-state index in [1.54, 1.807) is 0 Å². The highest BCUT2D eigenvalue weighted by Crippen LogP contribution is 2.30. The lowest BCUT2D eigenvalue weighted by molar-refractivity contribution is 0.171. The molecule has 0 aliphatic carbocycles. The van der Waals surface area contributed by atoms with Gasteiger partial charge in [0.25, 0.3) is 0 Å². The number of benzene rings is 1. The minimum atomic E-state index is 0. The molecule has 5 nitrogen and oxygen atoms in total. The highest BCUT2D eigenvalue weighted by molar-refractivity contribution is 14.0. The number of thioether (sulfide) groups is 1. The van der Waals surface area contributed by atoms with Crippen molar-refractivity contribution in [2.24, 2.45) is 4.99 Å². The summed E-state index contributed by atoms with van der Waals surface area (Å²) in [5.41, 5.74) is 1.18. The van der Waals surface area contributed by atoms with Crippen LogP contribution >= 0.6 is 35.7 Å². The Hall–Kier alpha value is -0.830. The van der Waals surface area contributed by atoms with Crippen LogP contribution < -0.4 is 14.8 Å². The summed E-state index contributed by atoms with van der Waals surface area (Å²) < 4.78 is 11.2. The van der Waals surface area contributed by atoms with E-state index in [0.29, 0.717) is 13.2 Å². The molecule has 130 valence electrons. The lowest BCUT2D eigenvalue weighted by Crippen LogP contribution is -2.39. The zero-order valence-corrected chi connectivity index (χ0v) is 17.1. The summed E-state index contributed by atoms with van der Waals surface area (Å²) in [6.45, 7) is 2.96. The second-order valence-electron chi connectivity index (χ2n) is 5.15. The monoisotopic (exact) mass is 451 g/mol. The lowest BCUT2D eigenvalue weighted by Gasteiger charge is -2.23. The van der Waals surface area contributed by atoms with Crippen molar-refractivity contribution >= 4 is 41.7 Å². The smallest absolute Gasteiger partial charge is 0.193 e. The molecule has 0 unspecified atom stereocenters. The first-order valence-corrected chi connectivity index (χ1v) is 8.93. The molecule has 0 saturated carbocycles. The summed E-state index contributed by atoms with van der Waals surface area (Å²) in [5.74, 6) is 3.74. The summed E-state index contributed by atoms with van der Waals surface area (Å²) in [4.78, 5) is 6.45. The summed E-state index contributed by atoms with van der Waals surface area (Å²) in [6.07, 6.45) is 3.26. The molecule has 1 heterocycles. The fourth-order valence-corrected chi connectivity index (χ4v) is 2.77. The van der Waals surface area contributed by atoms with E-state index >= 15 is 0 Å². The van der Waals surface area contributed by atoms with Gasteiger partial charge in [0.1, 0.15) is 13.2 Å². The minimum Gasteiger partial charge on any atom is -0.486 e. The Labute approximate surface area is 160 Å². The normalized spacial score (nSPS) is 13.3. The molecule has 0 radical (unpaired) electrons. The van der Waals surface area contributed by atoms with Gasteiger partial charge in [-0.25, -0.2) is 0 Å². The Morgan fingerprint density at radius 2 is 2.04 bits per heavy atom. The minimum absolute atomic E-state index is 0. The van der Waals surface area contributed by atoms with E-state index < -0.39 is 0 Å². The number of nitrogens with zero attached hydrogens (tertiary/aromatic N) is 2. The Bertz CT molecular complexity index is 514. The zero-order valence-electron chi connectivity index (χ0n) is 14.0. The van der Waals surface area contributed by atoms with Crippen molar-refractivity contribution in [3.63, 3.8) is 0 Å². The molecular formula is C16H26IN3O2S. The SMILES string of the molecule is CN=C(NCCCSC)N(C)Cc1ccc2c(c1)OCCO2.I. The average molecular weight is 451 g/mol. The predicted molar refractivity (Wildman–Crippen MR) is 109 cm³/mol. The van der Waals surface area contributed by atoms with Gasteiger partial charge in [-0.3, -0.25) is 4.99 Å². The van der Waals surface area contributed by atoms with Crippen molar-refractivity contribution in [1.29, 1.82) is 0 Å². The standard InChI is InChI=1S/C16H25N3O2S.HI/c1-17-16(18-7-4-10-22-3)19(2)12-13-5-6-14-15(11-13)21-9-8-20-14;/h5-6,11H,4,7-10,12H2,1-3H3,(H,17,18);1H. The molecule has 1 aromatic carbocycles. The molecule has 1 aliphatic heterocycles. The van der Waals surface area contributed by atoms with Gasteiger partial charge in [0.05, 0.1) is 0 Å². The summed E-state index contributed by atoms with van der Waals surface area (Å²) in [5, 5.41) is 3.39. The van der Waals surface area contributed by atoms with Gasteiger partial charge in [0, 0.05) is 27.2 Å². The van der Waals surface area contributed by atoms with Gasteiger partial charge in [-0.1, -0.05) is 6.07 Å². The van der Waals surface area contributed by atoms with Gasteiger partial charge in [-0.15, -0.1) is 24.0 Å². The second-order valence-corrected chi connectivity index (χ2v) is 6.14. The van der Waals surface area contributed by atoms with Gasteiger partial charge in [-0.2, -0.15) is 11.8 Å². The first kappa shape index (κ1) is 20.2. The Morgan fingerprint density at radius 1 is 1.30 bits per heavy atom. The van der Waals surface area contributed by atoms with Crippen LogP contribution in [-0.2, 0) is 6.54 Å². The number of fused-ring (bicyclic) bond motifs is 1. The number of nitrogens with one attached hydrogen (secondary N) is 1. The molecule has 1 aliphatic rings. The van der Waals surface area contributed by atoms with E-state index in [1.807, 2.05) is 38.0 Å². The lowest BCUT2D eigenvalue weighted by atomic mass is 10.2. The van der Waals surface area contributed by atoms with E-state index in [-0.39, 0.29) is 24.0 Å². The maximum absolute atomic E-state index is 5.63. The fourth-order valence-electron chi connectivity index (χ4n) is 2.34. The van der Waals surface area contributed by atoms with Crippen molar-refractivity contribution in [3.8, 4) is 11.5 Å². The van der Waals surface area contributed by atoms with Gasteiger partial charge in [0.15, 0.2) is 17.5 Å². The molecule has 23 heavy (non-hydrogen) atoms. The predicted octanol–water partition coefficient (Wildman–Crippen LogP) is 2.84. The van der Waals surface area contributed by atoms with E-state index in [4.69, 9.17) is 9.47 Å². The Balaban J connectivity index is 0.00000264. The molecular weight excluding hydrogens is 425 g/mol. The summed E-state index contributed by atoms with van der Waals surface area (Å²) in [7, 11) is 3.86. The molecule has 2 rings (SSSR count). The molecule has 0 fully saturated rings. The molecule has 0 saturated heterocycles. The molecule has 0 atom stereocenters. The molecule has 7 heteroatoms. The number of guanidine groups is 1. The van der Waals surface area contributed by atoms with Gasteiger partial charge in [0.2, 0.25) is 0 Å². The molecule has 1 N–H and O–H groups in total. The largest absolute Gasteiger partial charge is 0.486 e. The summed E-state index contributed by atoms with van der Waals surface area (Å²) >= 11 is 1.87. The highest BCUT2D eigenvalue weighted by Gasteiger charge is 2.13. The number of hydrogen-bond donors (Lipinski definition) is 1.